The molecule has 1 fully saturated rings. The van der Waals surface area contributed by atoms with Crippen molar-refractivity contribution in [2.24, 2.45) is 11.7 Å². The molecule has 0 bridgehead atoms. The average Bonchev–Trinajstić information content (AvgIpc) is 2.99. The zero-order valence-corrected chi connectivity index (χ0v) is 11.4. The molecule has 4 heteroatoms. The number of benzene rings is 1. The molecule has 0 saturated heterocycles. The summed E-state index contributed by atoms with van der Waals surface area (Å²) in [6.07, 6.45) is 2.66. The molecule has 0 unspecified atom stereocenters. The Morgan fingerprint density at radius 2 is 2.13 bits per heavy atom. The van der Waals surface area contributed by atoms with Crippen molar-refractivity contribution in [3.63, 3.8) is 0 Å². The summed E-state index contributed by atoms with van der Waals surface area (Å²) in [5.41, 5.74) is 6.72. The number of ether oxygens (including phenoxy) is 1. The minimum absolute atomic E-state index is 0. The Hall–Kier alpha value is -0.000000000000000111. The number of hydrogen-bond donors (Lipinski definition) is 1. The van der Waals surface area contributed by atoms with Crippen molar-refractivity contribution in [2.45, 2.75) is 19.4 Å². The van der Waals surface area contributed by atoms with Crippen LogP contribution in [0.4, 0.5) is 0 Å². The second kappa shape index (κ2) is 5.92. The van der Waals surface area contributed by atoms with Crippen molar-refractivity contribution in [3.8, 4) is 5.75 Å². The van der Waals surface area contributed by atoms with Crippen LogP contribution >= 0.6 is 35.0 Å². The van der Waals surface area contributed by atoms with Crippen molar-refractivity contribution in [1.29, 1.82) is 0 Å². The van der Waals surface area contributed by atoms with E-state index in [1.54, 1.807) is 0 Å². The van der Waals surface area contributed by atoms with Gasteiger partial charge in [-0.15, -0.1) is 12.4 Å². The van der Waals surface area contributed by atoms with Crippen LogP contribution in [0.25, 0.3) is 0 Å². The van der Waals surface area contributed by atoms with Crippen LogP contribution in [0.5, 0.6) is 5.75 Å². The van der Waals surface area contributed by atoms with Crippen LogP contribution in [0, 0.1) is 9.49 Å². The molecule has 0 radical (unpaired) electrons. The van der Waals surface area contributed by atoms with Crippen LogP contribution in [0.1, 0.15) is 18.4 Å². The fourth-order valence-electron chi connectivity index (χ4n) is 1.28. The van der Waals surface area contributed by atoms with Gasteiger partial charge in [0.25, 0.3) is 0 Å². The predicted octanol–water partition coefficient (Wildman–Crippen LogP) is 2.96. The molecule has 0 heterocycles. The number of halogens is 2. The van der Waals surface area contributed by atoms with Crippen LogP contribution in [0.2, 0.25) is 0 Å². The first-order chi connectivity index (χ1) is 6.79. The molecule has 0 aromatic heterocycles. The molecule has 1 aliphatic rings. The Kier molecular flexibility index (Phi) is 5.15. The maximum atomic E-state index is 5.71. The Balaban J connectivity index is 0.00000112. The molecule has 0 spiro atoms. The molecule has 0 atom stereocenters. The highest BCUT2D eigenvalue weighted by atomic mass is 127. The lowest BCUT2D eigenvalue weighted by atomic mass is 10.2. The van der Waals surface area contributed by atoms with Gasteiger partial charge in [-0.3, -0.25) is 0 Å². The van der Waals surface area contributed by atoms with Crippen LogP contribution in [-0.2, 0) is 6.54 Å². The standard InChI is InChI=1S/C11H14INO.ClH/c12-10-5-9(6-13)3-4-11(10)14-7-8-1-2-8;/h3-5,8H,1-2,6-7,13H2;1H. The topological polar surface area (TPSA) is 35.2 Å². The molecule has 1 saturated carbocycles. The number of nitrogens with two attached hydrogens (primary N) is 1. The van der Waals surface area contributed by atoms with Crippen LogP contribution in [0.3, 0.4) is 0 Å². The molecule has 1 aromatic carbocycles. The molecule has 15 heavy (non-hydrogen) atoms. The van der Waals surface area contributed by atoms with Crippen molar-refractivity contribution in [2.75, 3.05) is 6.61 Å². The predicted molar refractivity (Wildman–Crippen MR) is 72.5 cm³/mol. The summed E-state index contributed by atoms with van der Waals surface area (Å²) in [6.45, 7) is 1.47. The van der Waals surface area contributed by atoms with E-state index in [1.165, 1.54) is 12.8 Å². The first kappa shape index (κ1) is 13.1. The van der Waals surface area contributed by atoms with Gasteiger partial charge in [0, 0.05) is 6.54 Å². The van der Waals surface area contributed by atoms with Gasteiger partial charge in [0.1, 0.15) is 5.75 Å². The zero-order chi connectivity index (χ0) is 9.97. The second-order valence-corrected chi connectivity index (χ2v) is 4.89. The maximum Gasteiger partial charge on any atom is 0.132 e. The molecular weight excluding hydrogens is 324 g/mol. The minimum atomic E-state index is 0. The zero-order valence-electron chi connectivity index (χ0n) is 8.41. The lowest BCUT2D eigenvalue weighted by molar-refractivity contribution is 0.297. The fraction of sp³-hybridized carbons (Fsp3) is 0.455. The van der Waals surface area contributed by atoms with Gasteiger partial charge < -0.3 is 10.5 Å². The van der Waals surface area contributed by atoms with Gasteiger partial charge in [-0.25, -0.2) is 0 Å². The van der Waals surface area contributed by atoms with E-state index in [-0.39, 0.29) is 12.4 Å². The summed E-state index contributed by atoms with van der Waals surface area (Å²) < 4.78 is 6.87. The van der Waals surface area contributed by atoms with Gasteiger partial charge in [-0.2, -0.15) is 0 Å². The summed E-state index contributed by atoms with van der Waals surface area (Å²) in [5.74, 6) is 1.80. The van der Waals surface area contributed by atoms with E-state index >= 15 is 0 Å². The summed E-state index contributed by atoms with van der Waals surface area (Å²) >= 11 is 2.30. The molecular formula is C11H15ClINO. The molecule has 0 aliphatic heterocycles. The van der Waals surface area contributed by atoms with E-state index in [2.05, 4.69) is 28.7 Å². The van der Waals surface area contributed by atoms with E-state index in [0.717, 1.165) is 27.4 Å². The van der Waals surface area contributed by atoms with Crippen LogP contribution in [0.15, 0.2) is 18.2 Å². The Morgan fingerprint density at radius 3 is 2.67 bits per heavy atom. The molecule has 1 aliphatic carbocycles. The van der Waals surface area contributed by atoms with Crippen LogP contribution in [-0.4, -0.2) is 6.61 Å². The third kappa shape index (κ3) is 3.81. The first-order valence-corrected chi connectivity index (χ1v) is 5.99. The number of rotatable bonds is 4. The highest BCUT2D eigenvalue weighted by Gasteiger charge is 2.22. The van der Waals surface area contributed by atoms with Gasteiger partial charge in [-0.05, 0) is 59.0 Å². The van der Waals surface area contributed by atoms with Crippen LogP contribution < -0.4 is 10.5 Å². The highest BCUT2D eigenvalue weighted by Crippen LogP contribution is 2.30. The second-order valence-electron chi connectivity index (χ2n) is 3.72. The maximum absolute atomic E-state index is 5.71. The van der Waals surface area contributed by atoms with E-state index in [9.17, 15) is 0 Å². The summed E-state index contributed by atoms with van der Waals surface area (Å²) in [5, 5.41) is 0. The normalized spacial score (nSPS) is 14.5. The average molecular weight is 340 g/mol. The van der Waals surface area contributed by atoms with Crippen molar-refractivity contribution >= 4 is 35.0 Å². The van der Waals surface area contributed by atoms with E-state index < -0.39 is 0 Å². The Labute approximate surface area is 110 Å². The van der Waals surface area contributed by atoms with Gasteiger partial charge in [0.2, 0.25) is 0 Å². The molecule has 1 aromatic rings. The Bertz CT molecular complexity index is 328. The van der Waals surface area contributed by atoms with Gasteiger partial charge >= 0.3 is 0 Å². The molecule has 0 amide bonds. The molecule has 2 nitrogen and oxygen atoms in total. The fourth-order valence-corrected chi connectivity index (χ4v) is 2.02. The molecule has 84 valence electrons. The smallest absolute Gasteiger partial charge is 0.132 e. The minimum Gasteiger partial charge on any atom is -0.492 e. The quantitative estimate of drug-likeness (QED) is 0.856. The largest absolute Gasteiger partial charge is 0.492 e. The van der Waals surface area contributed by atoms with Crippen molar-refractivity contribution in [1.82, 2.24) is 0 Å². The monoisotopic (exact) mass is 339 g/mol. The van der Waals surface area contributed by atoms with Crippen molar-refractivity contribution < 1.29 is 4.74 Å². The Morgan fingerprint density at radius 1 is 1.40 bits per heavy atom. The van der Waals surface area contributed by atoms with Crippen molar-refractivity contribution in [3.05, 3.63) is 27.3 Å². The lowest BCUT2D eigenvalue weighted by Crippen LogP contribution is -2.02. The SMILES string of the molecule is Cl.NCc1ccc(OCC2CC2)c(I)c1. The summed E-state index contributed by atoms with van der Waals surface area (Å²) in [7, 11) is 0. The summed E-state index contributed by atoms with van der Waals surface area (Å²) in [4.78, 5) is 0. The third-order valence-corrected chi connectivity index (χ3v) is 3.25. The van der Waals surface area contributed by atoms with Gasteiger partial charge in [0.05, 0.1) is 10.2 Å². The lowest BCUT2D eigenvalue weighted by Gasteiger charge is -2.08. The third-order valence-electron chi connectivity index (χ3n) is 2.40. The van der Waals surface area contributed by atoms with E-state index in [4.69, 9.17) is 10.5 Å². The highest BCUT2D eigenvalue weighted by molar-refractivity contribution is 14.1. The first-order valence-electron chi connectivity index (χ1n) is 4.91. The van der Waals surface area contributed by atoms with Gasteiger partial charge in [0.15, 0.2) is 0 Å². The number of hydrogen-bond acceptors (Lipinski definition) is 2. The van der Waals surface area contributed by atoms with E-state index in [1.807, 2.05) is 12.1 Å². The summed E-state index contributed by atoms with van der Waals surface area (Å²) in [6, 6.07) is 6.14. The molecule has 2 N–H and O–H groups in total. The molecule has 2 rings (SSSR count). The van der Waals surface area contributed by atoms with E-state index in [0.29, 0.717) is 6.54 Å². The van der Waals surface area contributed by atoms with Gasteiger partial charge in [-0.1, -0.05) is 6.07 Å².